The van der Waals surface area contributed by atoms with Crippen LogP contribution in [0.4, 0.5) is 4.79 Å². The third-order valence-electron chi connectivity index (χ3n) is 2.36. The van der Waals surface area contributed by atoms with Crippen molar-refractivity contribution in [1.29, 1.82) is 0 Å². The molecule has 0 heterocycles. The van der Waals surface area contributed by atoms with Crippen LogP contribution < -0.4 is 11.1 Å². The van der Waals surface area contributed by atoms with Gasteiger partial charge in [-0.3, -0.25) is 4.79 Å². The molecule has 0 aromatic heterocycles. The maximum Gasteiger partial charge on any atom is 0.335 e. The molecule has 0 saturated heterocycles. The smallest absolute Gasteiger partial charge is 0.335 e. The van der Waals surface area contributed by atoms with Gasteiger partial charge < -0.3 is 21.1 Å². The van der Waals surface area contributed by atoms with Crippen molar-refractivity contribution in [3.8, 4) is 0 Å². The van der Waals surface area contributed by atoms with E-state index < -0.39 is 17.9 Å². The molecule has 0 aliphatic heterocycles. The third-order valence-corrected chi connectivity index (χ3v) is 2.36. The maximum atomic E-state index is 11.6. The summed E-state index contributed by atoms with van der Waals surface area (Å²) in [7, 11) is 1.44. The quantitative estimate of drug-likeness (QED) is 0.696. The lowest BCUT2D eigenvalue weighted by atomic mass is 10.1. The molecule has 0 radical (unpaired) electrons. The Morgan fingerprint density at radius 2 is 2.05 bits per heavy atom. The molecule has 7 heteroatoms. The Morgan fingerprint density at radius 3 is 2.63 bits per heavy atom. The van der Waals surface area contributed by atoms with Gasteiger partial charge in [-0.25, -0.2) is 9.59 Å². The molecule has 1 aromatic carbocycles. The number of carboxylic acids is 1. The first-order valence-electron chi connectivity index (χ1n) is 5.49. The largest absolute Gasteiger partial charge is 0.478 e. The molecule has 0 fully saturated rings. The van der Waals surface area contributed by atoms with E-state index >= 15 is 0 Å². The van der Waals surface area contributed by atoms with E-state index in [1.807, 2.05) is 0 Å². The highest BCUT2D eigenvalue weighted by Crippen LogP contribution is 2.05. The number of carbonyl (C=O) groups is 3. The Hall–Kier alpha value is -2.57. The standard InChI is InChI=1S/C12H15N3O4/c1-15(7-10(13)16)12(19)14-6-8-3-2-4-9(5-8)11(17)18/h2-5H,6-7H2,1H3,(H2,13,16)(H,14,19)(H,17,18). The van der Waals surface area contributed by atoms with Crippen LogP contribution in [0.5, 0.6) is 0 Å². The Morgan fingerprint density at radius 1 is 1.37 bits per heavy atom. The number of hydrogen-bond donors (Lipinski definition) is 3. The van der Waals surface area contributed by atoms with Crippen LogP contribution in [-0.2, 0) is 11.3 Å². The SMILES string of the molecule is CN(CC(N)=O)C(=O)NCc1cccc(C(=O)O)c1. The normalized spacial score (nSPS) is 9.74. The van der Waals surface area contributed by atoms with Gasteiger partial charge in [0, 0.05) is 13.6 Å². The van der Waals surface area contributed by atoms with Crippen LogP contribution in [0, 0.1) is 0 Å². The van der Waals surface area contributed by atoms with Crippen LogP contribution in [0.2, 0.25) is 0 Å². The second-order valence-corrected chi connectivity index (χ2v) is 3.99. The number of primary amides is 1. The van der Waals surface area contributed by atoms with Crippen LogP contribution >= 0.6 is 0 Å². The molecule has 0 spiro atoms. The Kier molecular flexibility index (Phi) is 4.87. The average molecular weight is 265 g/mol. The molecule has 0 saturated carbocycles. The van der Waals surface area contributed by atoms with Gasteiger partial charge in [0.15, 0.2) is 0 Å². The van der Waals surface area contributed by atoms with Gasteiger partial charge in [0.05, 0.1) is 5.56 Å². The van der Waals surface area contributed by atoms with Crippen molar-refractivity contribution in [2.75, 3.05) is 13.6 Å². The molecule has 7 nitrogen and oxygen atoms in total. The van der Waals surface area contributed by atoms with Crippen molar-refractivity contribution in [1.82, 2.24) is 10.2 Å². The highest BCUT2D eigenvalue weighted by molar-refractivity contribution is 5.87. The molecule has 3 amide bonds. The third kappa shape index (κ3) is 4.66. The number of aromatic carboxylic acids is 1. The van der Waals surface area contributed by atoms with Crippen LogP contribution in [0.15, 0.2) is 24.3 Å². The summed E-state index contributed by atoms with van der Waals surface area (Å²) in [5, 5.41) is 11.4. The number of nitrogens with one attached hydrogen (secondary N) is 1. The molecule has 1 rings (SSSR count). The summed E-state index contributed by atoms with van der Waals surface area (Å²) < 4.78 is 0. The predicted octanol–water partition coefficient (Wildman–Crippen LogP) is 0.0115. The molecule has 0 aliphatic rings. The minimum absolute atomic E-state index is 0.150. The van der Waals surface area contributed by atoms with Crippen molar-refractivity contribution in [3.05, 3.63) is 35.4 Å². The van der Waals surface area contributed by atoms with Crippen molar-refractivity contribution in [3.63, 3.8) is 0 Å². The zero-order valence-electron chi connectivity index (χ0n) is 10.4. The summed E-state index contributed by atoms with van der Waals surface area (Å²) in [5.41, 5.74) is 5.77. The van der Waals surface area contributed by atoms with Crippen molar-refractivity contribution in [2.24, 2.45) is 5.73 Å². The lowest BCUT2D eigenvalue weighted by molar-refractivity contribution is -0.118. The van der Waals surface area contributed by atoms with Crippen molar-refractivity contribution >= 4 is 17.9 Å². The van der Waals surface area contributed by atoms with Gasteiger partial charge >= 0.3 is 12.0 Å². The second-order valence-electron chi connectivity index (χ2n) is 3.99. The first-order chi connectivity index (χ1) is 8.90. The lowest BCUT2D eigenvalue weighted by Gasteiger charge is -2.16. The van der Waals surface area contributed by atoms with E-state index in [9.17, 15) is 14.4 Å². The van der Waals surface area contributed by atoms with E-state index in [0.29, 0.717) is 5.56 Å². The van der Waals surface area contributed by atoms with Crippen molar-refractivity contribution < 1.29 is 19.5 Å². The Bertz CT molecular complexity index is 502. The fourth-order valence-electron chi connectivity index (χ4n) is 1.43. The van der Waals surface area contributed by atoms with Crippen LogP contribution in [-0.4, -0.2) is 41.5 Å². The van der Waals surface area contributed by atoms with Gasteiger partial charge in [-0.2, -0.15) is 0 Å². The average Bonchev–Trinajstić information content (AvgIpc) is 2.35. The molecule has 0 bridgehead atoms. The number of nitrogens with zero attached hydrogens (tertiary/aromatic N) is 1. The number of rotatable bonds is 5. The minimum Gasteiger partial charge on any atom is -0.478 e. The summed E-state index contributed by atoms with van der Waals surface area (Å²) in [6, 6.07) is 5.77. The number of urea groups is 1. The molecule has 19 heavy (non-hydrogen) atoms. The maximum absolute atomic E-state index is 11.6. The highest BCUT2D eigenvalue weighted by Gasteiger charge is 2.10. The summed E-state index contributed by atoms with van der Waals surface area (Å²) in [5.74, 6) is -1.63. The number of likely N-dealkylation sites (N-methyl/N-ethyl adjacent to an activating group) is 1. The van der Waals surface area contributed by atoms with E-state index in [2.05, 4.69) is 5.32 Å². The predicted molar refractivity (Wildman–Crippen MR) is 67.5 cm³/mol. The Balaban J connectivity index is 2.57. The summed E-state index contributed by atoms with van der Waals surface area (Å²) in [6.45, 7) is -0.00987. The van der Waals surface area contributed by atoms with Gasteiger partial charge in [0.2, 0.25) is 5.91 Å². The molecule has 4 N–H and O–H groups in total. The number of hydrogen-bond acceptors (Lipinski definition) is 3. The molecule has 0 atom stereocenters. The topological polar surface area (TPSA) is 113 Å². The molecular formula is C12H15N3O4. The van der Waals surface area contributed by atoms with Gasteiger partial charge in [-0.05, 0) is 17.7 Å². The second kappa shape index (κ2) is 6.39. The van der Waals surface area contributed by atoms with E-state index in [1.54, 1.807) is 12.1 Å². The monoisotopic (exact) mass is 265 g/mol. The van der Waals surface area contributed by atoms with E-state index in [4.69, 9.17) is 10.8 Å². The summed E-state index contributed by atoms with van der Waals surface area (Å²) in [4.78, 5) is 34.1. The number of carboxylic acid groups (broad SMARTS) is 1. The van der Waals surface area contributed by atoms with Gasteiger partial charge in [0.1, 0.15) is 6.54 Å². The van der Waals surface area contributed by atoms with Crippen LogP contribution in [0.3, 0.4) is 0 Å². The first kappa shape index (κ1) is 14.5. The van der Waals surface area contributed by atoms with Gasteiger partial charge in [-0.1, -0.05) is 12.1 Å². The van der Waals surface area contributed by atoms with E-state index in [-0.39, 0.29) is 18.7 Å². The fraction of sp³-hybridized carbons (Fsp3) is 0.250. The molecule has 0 aliphatic carbocycles. The summed E-state index contributed by atoms with van der Waals surface area (Å²) >= 11 is 0. The molecular weight excluding hydrogens is 250 g/mol. The van der Waals surface area contributed by atoms with Crippen molar-refractivity contribution in [2.45, 2.75) is 6.54 Å². The number of benzene rings is 1. The van der Waals surface area contributed by atoms with E-state index in [0.717, 1.165) is 4.90 Å². The van der Waals surface area contributed by atoms with Gasteiger partial charge in [0.25, 0.3) is 0 Å². The lowest BCUT2D eigenvalue weighted by Crippen LogP contribution is -2.41. The van der Waals surface area contributed by atoms with E-state index in [1.165, 1.54) is 19.2 Å². The Labute approximate surface area is 110 Å². The number of nitrogens with two attached hydrogens (primary N) is 1. The fourth-order valence-corrected chi connectivity index (χ4v) is 1.43. The highest BCUT2D eigenvalue weighted by atomic mass is 16.4. The van der Waals surface area contributed by atoms with Gasteiger partial charge in [-0.15, -0.1) is 0 Å². The zero-order valence-corrected chi connectivity index (χ0v) is 10.4. The molecule has 0 unspecified atom stereocenters. The molecule has 1 aromatic rings. The molecule has 102 valence electrons. The zero-order chi connectivity index (χ0) is 14.4. The van der Waals surface area contributed by atoms with Crippen LogP contribution in [0.25, 0.3) is 0 Å². The number of amides is 3. The van der Waals surface area contributed by atoms with Crippen LogP contribution in [0.1, 0.15) is 15.9 Å². The number of carbonyl (C=O) groups excluding carboxylic acids is 2. The minimum atomic E-state index is -1.03. The first-order valence-corrected chi connectivity index (χ1v) is 5.49. The summed E-state index contributed by atoms with van der Waals surface area (Å²) in [6.07, 6.45) is 0.